The van der Waals surface area contributed by atoms with Gasteiger partial charge in [-0.25, -0.2) is 0 Å². The molecule has 0 radical (unpaired) electrons. The lowest BCUT2D eigenvalue weighted by atomic mass is 10.1. The molecule has 0 spiro atoms. The Bertz CT molecular complexity index is 356. The van der Waals surface area contributed by atoms with Crippen molar-refractivity contribution in [2.75, 3.05) is 13.1 Å². The number of carboxylic acids is 4. The summed E-state index contributed by atoms with van der Waals surface area (Å²) >= 11 is 0. The van der Waals surface area contributed by atoms with Crippen LogP contribution in [0.5, 0.6) is 0 Å². The van der Waals surface area contributed by atoms with Crippen molar-refractivity contribution >= 4 is 23.9 Å². The maximum absolute atomic E-state index is 10.6. The fourth-order valence-corrected chi connectivity index (χ4v) is 1.98. The van der Waals surface area contributed by atoms with Gasteiger partial charge in [0, 0.05) is 12.1 Å². The second kappa shape index (κ2) is 11.4. The Balaban J connectivity index is 4.09. The Morgan fingerprint density at radius 3 is 1.09 bits per heavy atom. The molecule has 132 valence electrons. The van der Waals surface area contributed by atoms with Crippen LogP contribution >= 0.6 is 0 Å². The Morgan fingerprint density at radius 1 is 0.609 bits per heavy atom. The molecule has 10 heteroatoms. The molecule has 0 amide bonds. The second-order valence-electron chi connectivity index (χ2n) is 5.05. The van der Waals surface area contributed by atoms with E-state index >= 15 is 0 Å². The molecule has 0 bridgehead atoms. The maximum atomic E-state index is 10.6. The van der Waals surface area contributed by atoms with Crippen molar-refractivity contribution < 1.29 is 39.6 Å². The minimum absolute atomic E-state index is 0.319. The third-order valence-corrected chi connectivity index (χ3v) is 2.90. The van der Waals surface area contributed by atoms with Crippen LogP contribution in [-0.4, -0.2) is 69.5 Å². The van der Waals surface area contributed by atoms with Crippen LogP contribution in [0.15, 0.2) is 0 Å². The first-order valence-electron chi connectivity index (χ1n) is 7.04. The Labute approximate surface area is 132 Å². The molecule has 0 aromatic carbocycles. The molecule has 0 aromatic heterocycles. The molecule has 0 aliphatic heterocycles. The first-order chi connectivity index (χ1) is 10.7. The second-order valence-corrected chi connectivity index (χ2v) is 5.05. The minimum Gasteiger partial charge on any atom is -0.481 e. The Hall–Kier alpha value is -2.20. The zero-order valence-corrected chi connectivity index (χ0v) is 12.5. The summed E-state index contributed by atoms with van der Waals surface area (Å²) in [5, 5.41) is 40.3. The normalized spacial score (nSPS) is 10.9. The van der Waals surface area contributed by atoms with Gasteiger partial charge in [0.25, 0.3) is 0 Å². The average Bonchev–Trinajstić information content (AvgIpc) is 2.34. The molecule has 10 nitrogen and oxygen atoms in total. The van der Waals surface area contributed by atoms with E-state index in [-0.39, 0.29) is 25.7 Å². The molecule has 0 unspecified atom stereocenters. The highest BCUT2D eigenvalue weighted by Crippen LogP contribution is 2.01. The number of nitrogens with one attached hydrogen (secondary N) is 2. The van der Waals surface area contributed by atoms with Crippen LogP contribution in [0.4, 0.5) is 0 Å². The lowest BCUT2D eigenvalue weighted by Gasteiger charge is -2.17. The van der Waals surface area contributed by atoms with Gasteiger partial charge in [-0.2, -0.15) is 0 Å². The van der Waals surface area contributed by atoms with Crippen molar-refractivity contribution in [1.29, 1.82) is 0 Å². The fourth-order valence-electron chi connectivity index (χ4n) is 1.98. The van der Waals surface area contributed by atoms with Crippen LogP contribution in [0.1, 0.15) is 32.1 Å². The highest BCUT2D eigenvalue weighted by Gasteiger charge is 2.17. The molecule has 0 heterocycles. The number of hydrogen-bond donors (Lipinski definition) is 6. The quantitative estimate of drug-likeness (QED) is 0.220. The summed E-state index contributed by atoms with van der Waals surface area (Å²) in [5.41, 5.74) is 0. The zero-order chi connectivity index (χ0) is 17.8. The molecule has 0 atom stereocenters. The van der Waals surface area contributed by atoms with Gasteiger partial charge in [-0.3, -0.25) is 19.2 Å². The van der Waals surface area contributed by atoms with Gasteiger partial charge in [-0.05, 0) is 19.5 Å². The van der Waals surface area contributed by atoms with Gasteiger partial charge in [0.15, 0.2) is 0 Å². The van der Waals surface area contributed by atoms with Gasteiger partial charge in [-0.1, -0.05) is 0 Å². The van der Waals surface area contributed by atoms with Crippen molar-refractivity contribution in [1.82, 2.24) is 10.6 Å². The lowest BCUT2D eigenvalue weighted by molar-refractivity contribution is -0.141. The van der Waals surface area contributed by atoms with Crippen LogP contribution in [0.25, 0.3) is 0 Å². The van der Waals surface area contributed by atoms with Crippen LogP contribution in [0.3, 0.4) is 0 Å². The first-order valence-corrected chi connectivity index (χ1v) is 7.04. The lowest BCUT2D eigenvalue weighted by Crippen LogP contribution is -2.38. The van der Waals surface area contributed by atoms with Crippen molar-refractivity contribution in [3.05, 3.63) is 0 Å². The number of rotatable bonds is 14. The molecule has 6 N–H and O–H groups in total. The third-order valence-electron chi connectivity index (χ3n) is 2.90. The summed E-state index contributed by atoms with van der Waals surface area (Å²) in [4.78, 5) is 42.5. The highest BCUT2D eigenvalue weighted by molar-refractivity contribution is 5.72. The van der Waals surface area contributed by atoms with E-state index in [2.05, 4.69) is 10.6 Å². The molecule has 0 rings (SSSR count). The topological polar surface area (TPSA) is 173 Å². The van der Waals surface area contributed by atoms with Crippen molar-refractivity contribution in [2.24, 2.45) is 0 Å². The van der Waals surface area contributed by atoms with Gasteiger partial charge in [0.1, 0.15) is 0 Å². The molecule has 0 aliphatic rings. The van der Waals surface area contributed by atoms with E-state index in [9.17, 15) is 19.2 Å². The van der Waals surface area contributed by atoms with Gasteiger partial charge in [-0.15, -0.1) is 0 Å². The van der Waals surface area contributed by atoms with Crippen LogP contribution in [-0.2, 0) is 19.2 Å². The van der Waals surface area contributed by atoms with E-state index in [4.69, 9.17) is 20.4 Å². The SMILES string of the molecule is O=C(O)CC(CC(=O)O)NCCCNC(CC(=O)O)CC(=O)O. The van der Waals surface area contributed by atoms with Crippen molar-refractivity contribution in [3.8, 4) is 0 Å². The number of aliphatic carboxylic acids is 4. The van der Waals surface area contributed by atoms with Crippen molar-refractivity contribution in [3.63, 3.8) is 0 Å². The molecule has 23 heavy (non-hydrogen) atoms. The maximum Gasteiger partial charge on any atom is 0.304 e. The Kier molecular flexibility index (Phi) is 10.3. The standard InChI is InChI=1S/C13H22N2O8/c16-10(17)4-8(5-11(18)19)14-2-1-3-15-9(6-12(20)21)7-13(22)23/h8-9,14-15H,1-7H2,(H,16,17)(H,18,19)(H,20,21)(H,22,23). The van der Waals surface area contributed by atoms with Crippen molar-refractivity contribution in [2.45, 2.75) is 44.2 Å². The predicted molar refractivity (Wildman–Crippen MR) is 77.2 cm³/mol. The van der Waals surface area contributed by atoms with Crippen LogP contribution in [0.2, 0.25) is 0 Å². The predicted octanol–water partition coefficient (Wildman–Crippen LogP) is -0.808. The number of hydrogen-bond acceptors (Lipinski definition) is 6. The van der Waals surface area contributed by atoms with E-state index in [0.29, 0.717) is 19.5 Å². The molecule has 0 fully saturated rings. The Morgan fingerprint density at radius 2 is 0.870 bits per heavy atom. The average molecular weight is 334 g/mol. The largest absolute Gasteiger partial charge is 0.481 e. The summed E-state index contributed by atoms with van der Waals surface area (Å²) in [6, 6.07) is -1.39. The molecule has 0 aromatic rings. The molecule has 0 saturated carbocycles. The smallest absolute Gasteiger partial charge is 0.304 e. The summed E-state index contributed by atoms with van der Waals surface area (Å²) in [6.07, 6.45) is -0.812. The molecule has 0 saturated heterocycles. The van der Waals surface area contributed by atoms with E-state index in [1.807, 2.05) is 0 Å². The molecular formula is C13H22N2O8. The van der Waals surface area contributed by atoms with Gasteiger partial charge < -0.3 is 31.1 Å². The van der Waals surface area contributed by atoms with Crippen LogP contribution < -0.4 is 10.6 Å². The minimum atomic E-state index is -1.11. The summed E-state index contributed by atoms with van der Waals surface area (Å²) in [6.45, 7) is 0.649. The van der Waals surface area contributed by atoms with E-state index in [1.54, 1.807) is 0 Å². The van der Waals surface area contributed by atoms with E-state index in [1.165, 1.54) is 0 Å². The summed E-state index contributed by atoms with van der Waals surface area (Å²) < 4.78 is 0. The van der Waals surface area contributed by atoms with Gasteiger partial charge in [0.05, 0.1) is 25.7 Å². The number of carboxylic acid groups (broad SMARTS) is 4. The third kappa shape index (κ3) is 13.2. The monoisotopic (exact) mass is 334 g/mol. The molecule has 0 aliphatic carbocycles. The first kappa shape index (κ1) is 20.8. The van der Waals surface area contributed by atoms with Gasteiger partial charge in [0.2, 0.25) is 0 Å². The summed E-state index contributed by atoms with van der Waals surface area (Å²) in [5.74, 6) is -4.43. The van der Waals surface area contributed by atoms with Gasteiger partial charge >= 0.3 is 23.9 Å². The molecular weight excluding hydrogens is 312 g/mol. The fraction of sp³-hybridized carbons (Fsp3) is 0.692. The highest BCUT2D eigenvalue weighted by atomic mass is 16.4. The van der Waals surface area contributed by atoms with Crippen LogP contribution in [0, 0.1) is 0 Å². The summed E-state index contributed by atoms with van der Waals surface area (Å²) in [7, 11) is 0. The zero-order valence-electron chi connectivity index (χ0n) is 12.5. The van der Waals surface area contributed by atoms with E-state index < -0.39 is 36.0 Å². The number of carbonyl (C=O) groups is 4. The van der Waals surface area contributed by atoms with E-state index in [0.717, 1.165) is 0 Å².